The molecular formula is C15H22NS+. The smallest absolute Gasteiger partial charge is 0.187 e. The molecule has 0 saturated heterocycles. The van der Waals surface area contributed by atoms with Crippen LogP contribution in [0.15, 0.2) is 24.3 Å². The summed E-state index contributed by atoms with van der Waals surface area (Å²) < 4.78 is 2.40. The first kappa shape index (κ1) is 12.7. The predicted molar refractivity (Wildman–Crippen MR) is 77.8 cm³/mol. The average Bonchev–Trinajstić information content (AvgIpc) is 2.49. The summed E-state index contributed by atoms with van der Waals surface area (Å²) in [5.74, 6) is 0. The van der Waals surface area contributed by atoms with Gasteiger partial charge in [0.15, 0.2) is 5.71 Å². The van der Waals surface area contributed by atoms with Gasteiger partial charge in [-0.25, -0.2) is 0 Å². The zero-order valence-electron chi connectivity index (χ0n) is 11.2. The highest BCUT2D eigenvalue weighted by atomic mass is 32.1. The van der Waals surface area contributed by atoms with Gasteiger partial charge in [-0.2, -0.15) is 4.58 Å². The van der Waals surface area contributed by atoms with Crippen LogP contribution in [0.2, 0.25) is 0 Å². The molecule has 0 aliphatic carbocycles. The third kappa shape index (κ3) is 1.93. The lowest BCUT2D eigenvalue weighted by molar-refractivity contribution is -0.455. The first-order chi connectivity index (χ1) is 8.00. The number of hydrogen-bond donors (Lipinski definition) is 1. The molecule has 92 valence electrons. The van der Waals surface area contributed by atoms with Crippen molar-refractivity contribution >= 4 is 24.0 Å². The molecule has 2 heteroatoms. The second-order valence-electron chi connectivity index (χ2n) is 5.37. The molecule has 1 aromatic rings. The van der Waals surface area contributed by atoms with E-state index in [1.54, 1.807) is 0 Å². The molecule has 2 rings (SSSR count). The normalized spacial score (nSPS) is 19.4. The van der Waals surface area contributed by atoms with Crippen LogP contribution < -0.4 is 0 Å². The van der Waals surface area contributed by atoms with Gasteiger partial charge in [-0.15, -0.1) is 12.6 Å². The Balaban J connectivity index is 2.54. The van der Waals surface area contributed by atoms with Crippen molar-refractivity contribution in [2.45, 2.75) is 51.3 Å². The van der Waals surface area contributed by atoms with E-state index in [1.165, 1.54) is 23.4 Å². The molecule has 0 amide bonds. The van der Waals surface area contributed by atoms with Gasteiger partial charge in [-0.1, -0.05) is 25.1 Å². The zero-order valence-corrected chi connectivity index (χ0v) is 12.1. The lowest BCUT2D eigenvalue weighted by Gasteiger charge is -2.14. The third-order valence-corrected chi connectivity index (χ3v) is 4.44. The molecule has 0 radical (unpaired) electrons. The van der Waals surface area contributed by atoms with Gasteiger partial charge in [0, 0.05) is 25.0 Å². The molecule has 1 heterocycles. The molecule has 1 atom stereocenters. The van der Waals surface area contributed by atoms with Crippen LogP contribution in [0.25, 0.3) is 0 Å². The summed E-state index contributed by atoms with van der Waals surface area (Å²) in [7, 11) is 0. The molecule has 1 nitrogen and oxygen atoms in total. The van der Waals surface area contributed by atoms with Gasteiger partial charge in [-0.3, -0.25) is 0 Å². The Kier molecular flexibility index (Phi) is 3.35. The van der Waals surface area contributed by atoms with Gasteiger partial charge in [-0.05, 0) is 20.3 Å². The lowest BCUT2D eigenvalue weighted by Crippen LogP contribution is -2.28. The maximum atomic E-state index is 4.77. The second-order valence-corrected chi connectivity index (χ2v) is 5.96. The molecule has 1 aliphatic heterocycles. The van der Waals surface area contributed by atoms with Gasteiger partial charge in [0.25, 0.3) is 0 Å². The topological polar surface area (TPSA) is 3.01 Å². The van der Waals surface area contributed by atoms with Crippen molar-refractivity contribution in [1.29, 1.82) is 0 Å². The van der Waals surface area contributed by atoms with Crippen LogP contribution in [-0.4, -0.2) is 15.7 Å². The lowest BCUT2D eigenvalue weighted by atomic mass is 9.82. The number of para-hydroxylation sites is 1. The molecule has 1 unspecified atom stereocenters. The van der Waals surface area contributed by atoms with E-state index in [0.29, 0.717) is 5.37 Å². The summed E-state index contributed by atoms with van der Waals surface area (Å²) in [6, 6.07) is 8.70. The van der Waals surface area contributed by atoms with Crippen LogP contribution in [0.5, 0.6) is 0 Å². The molecule has 0 N–H and O–H groups in total. The van der Waals surface area contributed by atoms with Gasteiger partial charge >= 0.3 is 0 Å². The van der Waals surface area contributed by atoms with Crippen LogP contribution >= 0.6 is 12.6 Å². The quantitative estimate of drug-likeness (QED) is 0.605. The van der Waals surface area contributed by atoms with Crippen LogP contribution in [0.3, 0.4) is 0 Å². The van der Waals surface area contributed by atoms with Crippen LogP contribution in [0.4, 0.5) is 5.69 Å². The van der Waals surface area contributed by atoms with E-state index in [4.69, 9.17) is 12.6 Å². The number of benzene rings is 1. The van der Waals surface area contributed by atoms with E-state index in [-0.39, 0.29) is 5.41 Å². The molecule has 1 aromatic carbocycles. The van der Waals surface area contributed by atoms with Crippen LogP contribution in [-0.2, 0) is 5.41 Å². The standard InChI is InChI=1S/C15H21NS/c1-5-8-14(17)16-11(2)15(3,4)12-9-6-7-10-13(12)16/h6-7,9-10,14H,5,8H2,1-4H3/p+1. The van der Waals surface area contributed by atoms with Gasteiger partial charge in [0.2, 0.25) is 11.1 Å². The first-order valence-corrected chi connectivity index (χ1v) is 6.92. The Morgan fingerprint density at radius 3 is 2.59 bits per heavy atom. The van der Waals surface area contributed by atoms with Crippen LogP contribution in [0, 0.1) is 0 Å². The molecule has 0 saturated carbocycles. The number of fused-ring (bicyclic) bond motifs is 1. The summed E-state index contributed by atoms with van der Waals surface area (Å²) >= 11 is 4.77. The maximum absolute atomic E-state index is 4.77. The number of nitrogens with zero attached hydrogens (tertiary/aromatic N) is 1. The van der Waals surface area contributed by atoms with Crippen molar-refractivity contribution in [3.8, 4) is 0 Å². The average molecular weight is 248 g/mol. The fraction of sp³-hybridized carbons (Fsp3) is 0.533. The fourth-order valence-electron chi connectivity index (χ4n) is 2.66. The highest BCUT2D eigenvalue weighted by Gasteiger charge is 2.44. The zero-order chi connectivity index (χ0) is 12.6. The molecule has 1 aliphatic rings. The Morgan fingerprint density at radius 1 is 1.29 bits per heavy atom. The molecule has 0 spiro atoms. The number of thiol groups is 1. The summed E-state index contributed by atoms with van der Waals surface area (Å²) in [5, 5.41) is 0.294. The molecule has 0 aromatic heterocycles. The second kappa shape index (κ2) is 4.49. The van der Waals surface area contributed by atoms with Crippen molar-refractivity contribution in [1.82, 2.24) is 0 Å². The minimum atomic E-state index is 0.130. The Labute approximate surface area is 110 Å². The highest BCUT2D eigenvalue weighted by molar-refractivity contribution is 7.80. The van der Waals surface area contributed by atoms with Crippen molar-refractivity contribution in [3.63, 3.8) is 0 Å². The summed E-state index contributed by atoms with van der Waals surface area (Å²) in [4.78, 5) is 0. The van der Waals surface area contributed by atoms with Gasteiger partial charge in [0.1, 0.15) is 0 Å². The number of rotatable bonds is 3. The monoisotopic (exact) mass is 248 g/mol. The summed E-state index contributed by atoms with van der Waals surface area (Å²) in [5.41, 5.74) is 4.30. The first-order valence-electron chi connectivity index (χ1n) is 6.41. The Hall–Kier alpha value is -0.760. The third-order valence-electron chi connectivity index (χ3n) is 3.95. The van der Waals surface area contributed by atoms with Gasteiger partial charge in [0.05, 0.1) is 5.41 Å². The van der Waals surface area contributed by atoms with E-state index in [1.807, 2.05) is 0 Å². The molecule has 17 heavy (non-hydrogen) atoms. The van der Waals surface area contributed by atoms with E-state index >= 15 is 0 Å². The highest BCUT2D eigenvalue weighted by Crippen LogP contribution is 2.40. The fourth-order valence-corrected chi connectivity index (χ4v) is 3.22. The largest absolute Gasteiger partial charge is 0.210 e. The predicted octanol–water partition coefficient (Wildman–Crippen LogP) is 4.14. The van der Waals surface area contributed by atoms with Gasteiger partial charge < -0.3 is 0 Å². The SMILES string of the molecule is CCCC(S)[N+]1=C(C)C(C)(C)c2ccccc21. The van der Waals surface area contributed by atoms with Crippen molar-refractivity contribution < 1.29 is 4.58 Å². The van der Waals surface area contributed by atoms with Crippen molar-refractivity contribution in [2.24, 2.45) is 0 Å². The Morgan fingerprint density at radius 2 is 1.94 bits per heavy atom. The molecule has 0 fully saturated rings. The molecule has 0 bridgehead atoms. The summed E-state index contributed by atoms with van der Waals surface area (Å²) in [6.45, 7) is 9.05. The minimum Gasteiger partial charge on any atom is -0.187 e. The summed E-state index contributed by atoms with van der Waals surface area (Å²) in [6.07, 6.45) is 2.28. The van der Waals surface area contributed by atoms with E-state index in [9.17, 15) is 0 Å². The maximum Gasteiger partial charge on any atom is 0.210 e. The van der Waals surface area contributed by atoms with Crippen LogP contribution in [0.1, 0.15) is 46.1 Å². The van der Waals surface area contributed by atoms with E-state index < -0.39 is 0 Å². The Bertz CT molecular complexity index is 460. The molecular weight excluding hydrogens is 226 g/mol. The van der Waals surface area contributed by atoms with Crippen molar-refractivity contribution in [2.75, 3.05) is 0 Å². The van der Waals surface area contributed by atoms with Crippen molar-refractivity contribution in [3.05, 3.63) is 29.8 Å². The van der Waals surface area contributed by atoms with E-state index in [2.05, 4.69) is 56.5 Å². The van der Waals surface area contributed by atoms with E-state index in [0.717, 1.165) is 6.42 Å². The minimum absolute atomic E-state index is 0.130. The number of hydrogen-bond acceptors (Lipinski definition) is 1.